The second kappa shape index (κ2) is 7.51. The Morgan fingerprint density at radius 1 is 1.45 bits per heavy atom. The molecule has 22 heavy (non-hydrogen) atoms. The SMILES string of the molecule is CCOc1cccc2c1OCC(C(=O)NCC1CNC1)=C2.Cl. The molecule has 2 heterocycles. The third kappa shape index (κ3) is 3.54. The predicted octanol–water partition coefficient (Wildman–Crippen LogP) is 1.62. The molecule has 5 nitrogen and oxygen atoms in total. The Bertz CT molecular complexity index is 571. The van der Waals surface area contributed by atoms with Gasteiger partial charge in [-0.15, -0.1) is 12.4 Å². The van der Waals surface area contributed by atoms with E-state index in [-0.39, 0.29) is 24.9 Å². The van der Waals surface area contributed by atoms with E-state index < -0.39 is 0 Å². The van der Waals surface area contributed by atoms with Crippen LogP contribution < -0.4 is 20.1 Å². The van der Waals surface area contributed by atoms with E-state index in [4.69, 9.17) is 9.47 Å². The van der Waals surface area contributed by atoms with Crippen molar-refractivity contribution in [1.82, 2.24) is 10.6 Å². The van der Waals surface area contributed by atoms with Crippen molar-refractivity contribution < 1.29 is 14.3 Å². The van der Waals surface area contributed by atoms with Gasteiger partial charge < -0.3 is 20.1 Å². The molecule has 2 N–H and O–H groups in total. The van der Waals surface area contributed by atoms with Crippen LogP contribution in [0.5, 0.6) is 11.5 Å². The zero-order valence-electron chi connectivity index (χ0n) is 12.6. The second-order valence-corrected chi connectivity index (χ2v) is 5.30. The van der Waals surface area contributed by atoms with Crippen LogP contribution in [0, 0.1) is 5.92 Å². The molecular formula is C16H21ClN2O3. The number of halogens is 1. The summed E-state index contributed by atoms with van der Waals surface area (Å²) in [5.41, 5.74) is 1.55. The van der Waals surface area contributed by atoms with Crippen molar-refractivity contribution in [3.63, 3.8) is 0 Å². The standard InChI is InChI=1S/C16H20N2O3.ClH/c1-2-20-14-5-3-4-12-6-13(10-21-15(12)14)16(19)18-9-11-7-17-8-11;/h3-6,11,17H,2,7-10H2,1H3,(H,18,19);1H. The number of hydrogen-bond acceptors (Lipinski definition) is 4. The summed E-state index contributed by atoms with van der Waals surface area (Å²) >= 11 is 0. The van der Waals surface area contributed by atoms with Crippen molar-refractivity contribution in [2.45, 2.75) is 6.92 Å². The Hall–Kier alpha value is -1.72. The van der Waals surface area contributed by atoms with E-state index in [1.807, 2.05) is 31.2 Å². The Morgan fingerprint density at radius 3 is 2.95 bits per heavy atom. The zero-order valence-corrected chi connectivity index (χ0v) is 13.4. The van der Waals surface area contributed by atoms with Gasteiger partial charge in [-0.3, -0.25) is 4.79 Å². The summed E-state index contributed by atoms with van der Waals surface area (Å²) in [5, 5.41) is 6.16. The summed E-state index contributed by atoms with van der Waals surface area (Å²) in [6, 6.07) is 5.72. The maximum absolute atomic E-state index is 12.2. The van der Waals surface area contributed by atoms with Gasteiger partial charge in [0, 0.05) is 31.1 Å². The number of para-hydroxylation sites is 1. The molecule has 1 amide bonds. The van der Waals surface area contributed by atoms with Crippen LogP contribution in [0.1, 0.15) is 12.5 Å². The smallest absolute Gasteiger partial charge is 0.250 e. The first-order valence-corrected chi connectivity index (χ1v) is 7.36. The number of hydrogen-bond donors (Lipinski definition) is 2. The van der Waals surface area contributed by atoms with Crippen LogP contribution in [0.2, 0.25) is 0 Å². The van der Waals surface area contributed by atoms with E-state index in [9.17, 15) is 4.79 Å². The Balaban J connectivity index is 0.00000176. The number of ether oxygens (including phenoxy) is 2. The molecule has 120 valence electrons. The number of nitrogens with one attached hydrogen (secondary N) is 2. The number of carbonyl (C=O) groups is 1. The molecule has 2 aliphatic rings. The van der Waals surface area contributed by atoms with Gasteiger partial charge in [0.25, 0.3) is 5.91 Å². The van der Waals surface area contributed by atoms with Crippen molar-refractivity contribution in [2.75, 3.05) is 32.8 Å². The van der Waals surface area contributed by atoms with Gasteiger partial charge in [-0.1, -0.05) is 12.1 Å². The third-order valence-electron chi connectivity index (χ3n) is 3.72. The monoisotopic (exact) mass is 324 g/mol. The molecule has 0 spiro atoms. The van der Waals surface area contributed by atoms with Crippen LogP contribution in [0.15, 0.2) is 23.8 Å². The number of rotatable bonds is 5. The minimum absolute atomic E-state index is 0. The van der Waals surface area contributed by atoms with Gasteiger partial charge in [0.15, 0.2) is 11.5 Å². The maximum atomic E-state index is 12.2. The maximum Gasteiger partial charge on any atom is 0.250 e. The van der Waals surface area contributed by atoms with Gasteiger partial charge in [0.2, 0.25) is 0 Å². The van der Waals surface area contributed by atoms with E-state index >= 15 is 0 Å². The molecule has 1 fully saturated rings. The lowest BCUT2D eigenvalue weighted by molar-refractivity contribution is -0.118. The Labute approximate surface area is 136 Å². The summed E-state index contributed by atoms with van der Waals surface area (Å²) in [6.07, 6.45) is 1.88. The van der Waals surface area contributed by atoms with Crippen LogP contribution in [-0.4, -0.2) is 38.8 Å². The fourth-order valence-corrected chi connectivity index (χ4v) is 2.42. The molecule has 0 atom stereocenters. The topological polar surface area (TPSA) is 59.6 Å². The third-order valence-corrected chi connectivity index (χ3v) is 3.72. The lowest BCUT2D eigenvalue weighted by Crippen LogP contribution is -2.48. The fourth-order valence-electron chi connectivity index (χ4n) is 2.42. The molecule has 0 radical (unpaired) electrons. The first-order valence-electron chi connectivity index (χ1n) is 7.36. The number of benzene rings is 1. The summed E-state index contributed by atoms with van der Waals surface area (Å²) < 4.78 is 11.3. The van der Waals surface area contributed by atoms with Gasteiger partial charge >= 0.3 is 0 Å². The van der Waals surface area contributed by atoms with Gasteiger partial charge in [-0.2, -0.15) is 0 Å². The van der Waals surface area contributed by atoms with Gasteiger partial charge in [-0.25, -0.2) is 0 Å². The lowest BCUT2D eigenvalue weighted by atomic mass is 10.0. The molecule has 0 aromatic heterocycles. The predicted molar refractivity (Wildman–Crippen MR) is 87.7 cm³/mol. The van der Waals surface area contributed by atoms with E-state index in [1.54, 1.807) is 0 Å². The average Bonchev–Trinajstić information content (AvgIpc) is 2.45. The molecule has 1 aromatic rings. The molecule has 3 rings (SSSR count). The highest BCUT2D eigenvalue weighted by molar-refractivity contribution is 5.99. The minimum atomic E-state index is -0.0469. The second-order valence-electron chi connectivity index (χ2n) is 5.30. The molecule has 0 saturated carbocycles. The lowest BCUT2D eigenvalue weighted by Gasteiger charge is -2.27. The van der Waals surface area contributed by atoms with Crippen molar-refractivity contribution in [3.8, 4) is 11.5 Å². The van der Waals surface area contributed by atoms with E-state index in [1.165, 1.54) is 0 Å². The highest BCUT2D eigenvalue weighted by Crippen LogP contribution is 2.35. The molecule has 2 aliphatic heterocycles. The normalized spacial score (nSPS) is 16.3. The van der Waals surface area contributed by atoms with Crippen LogP contribution in [-0.2, 0) is 4.79 Å². The first-order chi connectivity index (χ1) is 10.3. The van der Waals surface area contributed by atoms with Crippen molar-refractivity contribution in [1.29, 1.82) is 0 Å². The van der Waals surface area contributed by atoms with E-state index in [0.717, 1.165) is 36.7 Å². The quantitative estimate of drug-likeness (QED) is 0.864. The number of carbonyl (C=O) groups excluding carboxylic acids is 1. The summed E-state index contributed by atoms with van der Waals surface area (Å²) in [5.74, 6) is 1.95. The van der Waals surface area contributed by atoms with Gasteiger partial charge in [0.1, 0.15) is 6.61 Å². The zero-order chi connectivity index (χ0) is 14.7. The van der Waals surface area contributed by atoms with Crippen molar-refractivity contribution >= 4 is 24.4 Å². The highest BCUT2D eigenvalue weighted by Gasteiger charge is 2.22. The molecule has 6 heteroatoms. The van der Waals surface area contributed by atoms with E-state index in [0.29, 0.717) is 18.1 Å². The summed E-state index contributed by atoms with van der Waals surface area (Å²) in [6.45, 7) is 5.49. The van der Waals surface area contributed by atoms with E-state index in [2.05, 4.69) is 10.6 Å². The molecule has 1 aromatic carbocycles. The van der Waals surface area contributed by atoms with Crippen LogP contribution in [0.4, 0.5) is 0 Å². The summed E-state index contributed by atoms with van der Waals surface area (Å²) in [4.78, 5) is 12.2. The average molecular weight is 325 g/mol. The molecule has 1 saturated heterocycles. The first kappa shape index (κ1) is 16.6. The largest absolute Gasteiger partial charge is 0.490 e. The minimum Gasteiger partial charge on any atom is -0.490 e. The van der Waals surface area contributed by atoms with Gasteiger partial charge in [0.05, 0.1) is 12.2 Å². The van der Waals surface area contributed by atoms with Gasteiger partial charge in [-0.05, 0) is 19.1 Å². The fraction of sp³-hybridized carbons (Fsp3) is 0.438. The summed E-state index contributed by atoms with van der Waals surface area (Å²) in [7, 11) is 0. The van der Waals surface area contributed by atoms with Crippen molar-refractivity contribution in [3.05, 3.63) is 29.3 Å². The Morgan fingerprint density at radius 2 is 2.27 bits per heavy atom. The molecule has 0 aliphatic carbocycles. The van der Waals surface area contributed by atoms with Crippen LogP contribution >= 0.6 is 12.4 Å². The van der Waals surface area contributed by atoms with Crippen LogP contribution in [0.3, 0.4) is 0 Å². The molecular weight excluding hydrogens is 304 g/mol. The number of amides is 1. The highest BCUT2D eigenvalue weighted by atomic mass is 35.5. The Kier molecular flexibility index (Phi) is 5.69. The van der Waals surface area contributed by atoms with Crippen molar-refractivity contribution in [2.24, 2.45) is 5.92 Å². The molecule has 0 unspecified atom stereocenters. The molecule has 0 bridgehead atoms. The number of fused-ring (bicyclic) bond motifs is 1. The van der Waals surface area contributed by atoms with Crippen LogP contribution in [0.25, 0.3) is 6.08 Å².